The minimum Gasteiger partial charge on any atom is -0.384 e. The van der Waals surface area contributed by atoms with E-state index in [-0.39, 0.29) is 12.4 Å². The van der Waals surface area contributed by atoms with Gasteiger partial charge in [0.1, 0.15) is 12.4 Å². The Morgan fingerprint density at radius 2 is 1.90 bits per heavy atom. The van der Waals surface area contributed by atoms with Crippen molar-refractivity contribution in [3.8, 4) is 11.8 Å². The molecule has 1 heterocycles. The second-order valence-electron chi connectivity index (χ2n) is 5.38. The van der Waals surface area contributed by atoms with Gasteiger partial charge in [0.05, 0.1) is 0 Å². The number of halogens is 1. The van der Waals surface area contributed by atoms with Crippen LogP contribution in [0.2, 0.25) is 0 Å². The Balaban J connectivity index is 2.00. The Labute approximate surface area is 126 Å². The first-order chi connectivity index (χ1) is 10.2. The Kier molecular flexibility index (Phi) is 6.19. The van der Waals surface area contributed by atoms with E-state index in [0.717, 1.165) is 44.8 Å². The maximum atomic E-state index is 13.3. The van der Waals surface area contributed by atoms with E-state index in [1.54, 1.807) is 6.07 Å². The normalized spacial score (nSPS) is 16.5. The quantitative estimate of drug-likeness (QED) is 0.855. The molecule has 0 spiro atoms. The van der Waals surface area contributed by atoms with Crippen LogP contribution >= 0.6 is 0 Å². The smallest absolute Gasteiger partial charge is 0.124 e. The number of hydrogen-bond donors (Lipinski definition) is 1. The number of aliphatic hydroxyl groups excluding tert-OH is 1. The van der Waals surface area contributed by atoms with Crippen LogP contribution in [-0.2, 0) is 6.54 Å². The van der Waals surface area contributed by atoms with Crippen LogP contribution in [0.25, 0.3) is 0 Å². The van der Waals surface area contributed by atoms with Gasteiger partial charge in [0.15, 0.2) is 0 Å². The molecule has 2 rings (SSSR count). The average Bonchev–Trinajstić information content (AvgIpc) is 2.49. The Morgan fingerprint density at radius 3 is 2.57 bits per heavy atom. The highest BCUT2D eigenvalue weighted by Gasteiger charge is 2.17. The van der Waals surface area contributed by atoms with Crippen molar-refractivity contribution in [1.29, 1.82) is 0 Å². The molecule has 1 aliphatic heterocycles. The molecule has 21 heavy (non-hydrogen) atoms. The molecule has 0 atom stereocenters. The first-order valence-corrected chi connectivity index (χ1v) is 7.55. The van der Waals surface area contributed by atoms with Gasteiger partial charge in [-0.3, -0.25) is 4.90 Å². The second kappa shape index (κ2) is 8.14. The summed E-state index contributed by atoms with van der Waals surface area (Å²) in [7, 11) is 0. The van der Waals surface area contributed by atoms with E-state index in [1.165, 1.54) is 18.6 Å². The molecule has 1 aromatic carbocycles. The van der Waals surface area contributed by atoms with Crippen molar-refractivity contribution in [3.63, 3.8) is 0 Å². The zero-order chi connectivity index (χ0) is 15.1. The van der Waals surface area contributed by atoms with Crippen molar-refractivity contribution < 1.29 is 9.50 Å². The third-order valence-corrected chi connectivity index (χ3v) is 3.77. The molecule has 0 amide bonds. The number of hydrogen-bond acceptors (Lipinski definition) is 3. The minimum absolute atomic E-state index is 0.203. The fourth-order valence-corrected chi connectivity index (χ4v) is 2.67. The molecule has 114 valence electrons. The van der Waals surface area contributed by atoms with Gasteiger partial charge in [-0.15, -0.1) is 0 Å². The SMILES string of the molecule is CCCN1CCN(Cc2ccc(F)cc2C#CCO)CC1. The highest BCUT2D eigenvalue weighted by atomic mass is 19.1. The standard InChI is InChI=1S/C17H23FN2O/c1-2-7-19-8-10-20(11-9-19)14-16-5-6-17(18)13-15(16)4-3-12-21/h5-6,13,21H,2,7-12,14H2,1H3. The summed E-state index contributed by atoms with van der Waals surface area (Å²) in [6.07, 6.45) is 1.19. The molecule has 0 aromatic heterocycles. The average molecular weight is 290 g/mol. The molecule has 1 fully saturated rings. The third-order valence-electron chi connectivity index (χ3n) is 3.77. The van der Waals surface area contributed by atoms with Gasteiger partial charge in [-0.1, -0.05) is 24.8 Å². The van der Waals surface area contributed by atoms with E-state index in [2.05, 4.69) is 28.6 Å². The van der Waals surface area contributed by atoms with Gasteiger partial charge in [0.2, 0.25) is 0 Å². The lowest BCUT2D eigenvalue weighted by molar-refractivity contribution is 0.127. The van der Waals surface area contributed by atoms with Crippen LogP contribution in [0.15, 0.2) is 18.2 Å². The van der Waals surface area contributed by atoms with Crippen molar-refractivity contribution >= 4 is 0 Å². The van der Waals surface area contributed by atoms with Crippen LogP contribution < -0.4 is 0 Å². The summed E-state index contributed by atoms with van der Waals surface area (Å²) in [5.74, 6) is 5.17. The number of aliphatic hydroxyl groups is 1. The molecule has 0 radical (unpaired) electrons. The van der Waals surface area contributed by atoms with E-state index in [1.807, 2.05) is 0 Å². The van der Waals surface area contributed by atoms with E-state index < -0.39 is 0 Å². The molecule has 0 aliphatic carbocycles. The molecule has 1 N–H and O–H groups in total. The molecule has 3 nitrogen and oxygen atoms in total. The van der Waals surface area contributed by atoms with E-state index in [4.69, 9.17) is 5.11 Å². The minimum atomic E-state index is -0.284. The predicted molar refractivity (Wildman–Crippen MR) is 82.4 cm³/mol. The van der Waals surface area contributed by atoms with Gasteiger partial charge in [-0.2, -0.15) is 0 Å². The molecule has 0 saturated carbocycles. The Morgan fingerprint density at radius 1 is 1.19 bits per heavy atom. The lowest BCUT2D eigenvalue weighted by atomic mass is 10.1. The summed E-state index contributed by atoms with van der Waals surface area (Å²) in [6, 6.07) is 4.73. The predicted octanol–water partition coefficient (Wildman–Crippen LogP) is 1.70. The Hall–Kier alpha value is -1.41. The monoisotopic (exact) mass is 290 g/mol. The van der Waals surface area contributed by atoms with Crippen LogP contribution in [0.5, 0.6) is 0 Å². The Bertz CT molecular complexity index is 513. The summed E-state index contributed by atoms with van der Waals surface area (Å²) in [5, 5.41) is 8.81. The molecule has 0 bridgehead atoms. The van der Waals surface area contributed by atoms with Crippen LogP contribution in [0.4, 0.5) is 4.39 Å². The molecule has 1 saturated heterocycles. The second-order valence-corrected chi connectivity index (χ2v) is 5.38. The molecular weight excluding hydrogens is 267 g/mol. The summed E-state index contributed by atoms with van der Waals surface area (Å²) >= 11 is 0. The zero-order valence-corrected chi connectivity index (χ0v) is 12.6. The summed E-state index contributed by atoms with van der Waals surface area (Å²) < 4.78 is 13.3. The van der Waals surface area contributed by atoms with E-state index in [0.29, 0.717) is 5.56 Å². The lowest BCUT2D eigenvalue weighted by Gasteiger charge is -2.34. The highest BCUT2D eigenvalue weighted by Crippen LogP contribution is 2.14. The lowest BCUT2D eigenvalue weighted by Crippen LogP contribution is -2.46. The molecule has 1 aromatic rings. The van der Waals surface area contributed by atoms with Crippen molar-refractivity contribution in [2.45, 2.75) is 19.9 Å². The van der Waals surface area contributed by atoms with Gasteiger partial charge in [0.25, 0.3) is 0 Å². The van der Waals surface area contributed by atoms with Gasteiger partial charge in [-0.25, -0.2) is 4.39 Å². The number of nitrogens with zero attached hydrogens (tertiary/aromatic N) is 2. The summed E-state index contributed by atoms with van der Waals surface area (Å²) in [4.78, 5) is 4.86. The van der Waals surface area contributed by atoms with Crippen LogP contribution in [0.3, 0.4) is 0 Å². The van der Waals surface area contributed by atoms with Gasteiger partial charge in [0, 0.05) is 38.3 Å². The molecular formula is C17H23FN2O. The zero-order valence-electron chi connectivity index (χ0n) is 12.6. The fourth-order valence-electron chi connectivity index (χ4n) is 2.67. The topological polar surface area (TPSA) is 26.7 Å². The highest BCUT2D eigenvalue weighted by molar-refractivity contribution is 5.41. The first kappa shape index (κ1) is 16.0. The largest absolute Gasteiger partial charge is 0.384 e. The number of benzene rings is 1. The number of rotatable bonds is 4. The van der Waals surface area contributed by atoms with Crippen molar-refractivity contribution in [1.82, 2.24) is 9.80 Å². The molecule has 0 unspecified atom stereocenters. The fraction of sp³-hybridized carbons (Fsp3) is 0.529. The van der Waals surface area contributed by atoms with Gasteiger partial charge in [-0.05, 0) is 30.7 Å². The van der Waals surface area contributed by atoms with Crippen molar-refractivity contribution in [2.24, 2.45) is 0 Å². The number of piperazine rings is 1. The summed E-state index contributed by atoms with van der Waals surface area (Å²) in [5.41, 5.74) is 1.71. The summed E-state index contributed by atoms with van der Waals surface area (Å²) in [6.45, 7) is 8.20. The van der Waals surface area contributed by atoms with Gasteiger partial charge >= 0.3 is 0 Å². The first-order valence-electron chi connectivity index (χ1n) is 7.55. The van der Waals surface area contributed by atoms with E-state index in [9.17, 15) is 4.39 Å². The van der Waals surface area contributed by atoms with Gasteiger partial charge < -0.3 is 10.0 Å². The van der Waals surface area contributed by atoms with Crippen LogP contribution in [0.1, 0.15) is 24.5 Å². The van der Waals surface area contributed by atoms with Crippen LogP contribution in [-0.4, -0.2) is 54.2 Å². The van der Waals surface area contributed by atoms with Crippen LogP contribution in [0, 0.1) is 17.7 Å². The molecule has 4 heteroatoms. The van der Waals surface area contributed by atoms with Crippen molar-refractivity contribution in [2.75, 3.05) is 39.3 Å². The maximum absolute atomic E-state index is 13.3. The van der Waals surface area contributed by atoms with Crippen molar-refractivity contribution in [3.05, 3.63) is 35.1 Å². The van der Waals surface area contributed by atoms with E-state index >= 15 is 0 Å². The maximum Gasteiger partial charge on any atom is 0.124 e. The molecule has 1 aliphatic rings. The third kappa shape index (κ3) is 4.82.